The first-order chi connectivity index (χ1) is 12.1. The molecule has 3 aromatic carbocycles. The number of carbonyl (C=O) groups is 1. The van der Waals surface area contributed by atoms with Gasteiger partial charge in [0.1, 0.15) is 5.75 Å². The molecule has 3 aromatic rings. The molecule has 0 aliphatic heterocycles. The Hall–Kier alpha value is -2.65. The maximum absolute atomic E-state index is 11.7. The Bertz CT molecular complexity index is 941. The van der Waals surface area contributed by atoms with E-state index in [4.69, 9.17) is 9.84 Å². The lowest BCUT2D eigenvalue weighted by Gasteiger charge is -2.09. The van der Waals surface area contributed by atoms with Gasteiger partial charge in [-0.15, -0.1) is 0 Å². The van der Waals surface area contributed by atoms with Crippen molar-refractivity contribution in [2.45, 2.75) is 26.2 Å². The van der Waals surface area contributed by atoms with Crippen molar-refractivity contribution in [3.8, 4) is 5.75 Å². The van der Waals surface area contributed by atoms with Gasteiger partial charge in [-0.3, -0.25) is 0 Å². The number of carbonyl (C=O) groups excluding carboxylic acids is 1. The molecule has 1 N–H and O–H groups in total. The average molecular weight is 334 g/mol. The van der Waals surface area contributed by atoms with Gasteiger partial charge in [-0.05, 0) is 65.4 Å². The smallest absolute Gasteiger partial charge is 0.338 e. The molecule has 0 saturated carbocycles. The second-order valence-corrected chi connectivity index (χ2v) is 6.35. The molecule has 0 saturated heterocycles. The fraction of sp³-hybridized carbons (Fsp3) is 0.227. The van der Waals surface area contributed by atoms with Crippen LogP contribution in [-0.4, -0.2) is 17.7 Å². The zero-order chi connectivity index (χ0) is 17.8. The second-order valence-electron chi connectivity index (χ2n) is 6.35. The van der Waals surface area contributed by atoms with Crippen molar-refractivity contribution >= 4 is 27.5 Å². The van der Waals surface area contributed by atoms with Crippen molar-refractivity contribution < 1.29 is 14.6 Å². The van der Waals surface area contributed by atoms with E-state index in [1.165, 1.54) is 16.3 Å². The van der Waals surface area contributed by atoms with Gasteiger partial charge in [0.25, 0.3) is 0 Å². The lowest BCUT2D eigenvalue weighted by atomic mass is 9.98. The summed E-state index contributed by atoms with van der Waals surface area (Å²) in [6.07, 6.45) is 2.80. The van der Waals surface area contributed by atoms with Crippen LogP contribution in [-0.2, 0) is 11.2 Å². The number of esters is 1. The van der Waals surface area contributed by atoms with Gasteiger partial charge in [-0.1, -0.05) is 43.0 Å². The van der Waals surface area contributed by atoms with Gasteiger partial charge in [-0.25, -0.2) is 4.79 Å². The third-order valence-corrected chi connectivity index (χ3v) is 4.30. The van der Waals surface area contributed by atoms with Crippen LogP contribution in [0.1, 0.15) is 25.3 Å². The van der Waals surface area contributed by atoms with Gasteiger partial charge < -0.3 is 9.84 Å². The van der Waals surface area contributed by atoms with Crippen LogP contribution in [0, 0.1) is 0 Å². The van der Waals surface area contributed by atoms with Crippen molar-refractivity contribution in [1.82, 2.24) is 0 Å². The maximum atomic E-state index is 11.7. The quantitative estimate of drug-likeness (QED) is 0.232. The van der Waals surface area contributed by atoms with Crippen LogP contribution < -0.4 is 4.74 Å². The number of ether oxygens (including phenoxy) is 1. The molecule has 0 aliphatic carbocycles. The predicted octanol–water partition coefficient (Wildman–Crippen LogP) is 4.79. The van der Waals surface area contributed by atoms with Gasteiger partial charge in [0.05, 0.1) is 0 Å². The van der Waals surface area contributed by atoms with E-state index in [1.54, 1.807) is 6.92 Å². The summed E-state index contributed by atoms with van der Waals surface area (Å²) < 4.78 is 5.31. The summed E-state index contributed by atoms with van der Waals surface area (Å²) in [5, 5.41) is 13.5. The Kier molecular flexibility index (Phi) is 5.15. The van der Waals surface area contributed by atoms with Crippen molar-refractivity contribution in [3.05, 3.63) is 66.2 Å². The molecule has 0 aliphatic rings. The highest BCUT2D eigenvalue weighted by atomic mass is 16.5. The van der Waals surface area contributed by atoms with Crippen molar-refractivity contribution in [3.63, 3.8) is 0 Å². The minimum atomic E-state index is -0.410. The summed E-state index contributed by atoms with van der Waals surface area (Å²) in [4.78, 5) is 11.7. The molecule has 0 bridgehead atoms. The second kappa shape index (κ2) is 7.49. The molecule has 128 valence electrons. The highest BCUT2D eigenvalue weighted by Gasteiger charge is 2.08. The number of benzene rings is 3. The normalized spacial score (nSPS) is 11.0. The predicted molar refractivity (Wildman–Crippen MR) is 102 cm³/mol. The molecule has 3 nitrogen and oxygen atoms in total. The first kappa shape index (κ1) is 17.2. The molecular formula is C22H22O3. The van der Waals surface area contributed by atoms with E-state index in [9.17, 15) is 4.79 Å². The van der Waals surface area contributed by atoms with Crippen LogP contribution in [0.2, 0.25) is 0 Å². The number of rotatable bonds is 6. The standard InChI is InChI=1S/C22H22O3/c1-15(2)22(24)25-19-9-11-21-18(14-19)8-7-17-13-16(5-3-4-12-23)6-10-20(17)21/h6-11,13-14,23H,1,3-5,12H2,2H3. The van der Waals surface area contributed by atoms with Gasteiger partial charge in [0.15, 0.2) is 0 Å². The van der Waals surface area contributed by atoms with Crippen LogP contribution in [0.5, 0.6) is 5.75 Å². The molecule has 0 radical (unpaired) electrons. The molecular weight excluding hydrogens is 312 g/mol. The highest BCUT2D eigenvalue weighted by molar-refractivity contribution is 6.08. The third kappa shape index (κ3) is 3.89. The molecule has 0 fully saturated rings. The molecule has 0 aromatic heterocycles. The number of aryl methyl sites for hydroxylation is 1. The van der Waals surface area contributed by atoms with Gasteiger partial charge >= 0.3 is 5.97 Å². The number of aliphatic hydroxyl groups is 1. The molecule has 0 spiro atoms. The van der Waals surface area contributed by atoms with Crippen molar-refractivity contribution in [1.29, 1.82) is 0 Å². The average Bonchev–Trinajstić information content (AvgIpc) is 2.61. The largest absolute Gasteiger partial charge is 0.423 e. The molecule has 3 rings (SSSR count). The Morgan fingerprint density at radius 3 is 2.36 bits per heavy atom. The third-order valence-electron chi connectivity index (χ3n) is 4.30. The summed E-state index contributed by atoms with van der Waals surface area (Å²) in [6.45, 7) is 5.48. The molecule has 0 atom stereocenters. The number of hydrogen-bond donors (Lipinski definition) is 1. The lowest BCUT2D eigenvalue weighted by Crippen LogP contribution is -2.07. The highest BCUT2D eigenvalue weighted by Crippen LogP contribution is 2.29. The van der Waals surface area contributed by atoms with Gasteiger partial charge in [0.2, 0.25) is 0 Å². The molecule has 0 amide bonds. The topological polar surface area (TPSA) is 46.5 Å². The van der Waals surface area contributed by atoms with Crippen LogP contribution in [0.3, 0.4) is 0 Å². The van der Waals surface area contributed by atoms with Crippen LogP contribution >= 0.6 is 0 Å². The lowest BCUT2D eigenvalue weighted by molar-refractivity contribution is -0.130. The zero-order valence-electron chi connectivity index (χ0n) is 14.4. The van der Waals surface area contributed by atoms with Crippen molar-refractivity contribution in [2.75, 3.05) is 6.61 Å². The van der Waals surface area contributed by atoms with Crippen LogP contribution in [0.15, 0.2) is 60.7 Å². The Morgan fingerprint density at radius 1 is 1.00 bits per heavy atom. The fourth-order valence-electron chi connectivity index (χ4n) is 2.95. The monoisotopic (exact) mass is 334 g/mol. The number of hydrogen-bond acceptors (Lipinski definition) is 3. The van der Waals surface area contributed by atoms with E-state index >= 15 is 0 Å². The molecule has 25 heavy (non-hydrogen) atoms. The van der Waals surface area contributed by atoms with E-state index in [1.807, 2.05) is 24.3 Å². The van der Waals surface area contributed by atoms with Gasteiger partial charge in [-0.2, -0.15) is 0 Å². The number of fused-ring (bicyclic) bond motifs is 3. The molecule has 0 heterocycles. The first-order valence-corrected chi connectivity index (χ1v) is 8.52. The van der Waals surface area contributed by atoms with Crippen LogP contribution in [0.4, 0.5) is 0 Å². The summed E-state index contributed by atoms with van der Waals surface area (Å²) in [7, 11) is 0. The molecule has 3 heteroatoms. The number of aliphatic hydroxyl groups excluding tert-OH is 1. The Morgan fingerprint density at radius 2 is 1.68 bits per heavy atom. The molecule has 0 unspecified atom stereocenters. The maximum Gasteiger partial charge on any atom is 0.338 e. The van der Waals surface area contributed by atoms with E-state index < -0.39 is 5.97 Å². The van der Waals surface area contributed by atoms with E-state index in [2.05, 4.69) is 30.8 Å². The Balaban J connectivity index is 1.92. The Labute approximate surface area is 147 Å². The first-order valence-electron chi connectivity index (χ1n) is 8.52. The van der Waals surface area contributed by atoms with E-state index in [0.29, 0.717) is 11.3 Å². The SMILES string of the molecule is C=C(C)C(=O)Oc1ccc2c(ccc3cc(CCCCO)ccc32)c1. The number of unbranched alkanes of at least 4 members (excludes halogenated alkanes) is 1. The van der Waals surface area contributed by atoms with Crippen molar-refractivity contribution in [2.24, 2.45) is 0 Å². The van der Waals surface area contributed by atoms with Gasteiger partial charge in [0, 0.05) is 12.2 Å². The van der Waals surface area contributed by atoms with E-state index in [0.717, 1.165) is 30.0 Å². The summed E-state index contributed by atoms with van der Waals surface area (Å²) in [5.74, 6) is 0.119. The minimum absolute atomic E-state index is 0.247. The van der Waals surface area contributed by atoms with Crippen LogP contribution in [0.25, 0.3) is 21.5 Å². The summed E-state index contributed by atoms with van der Waals surface area (Å²) in [6, 6.07) is 16.3. The van der Waals surface area contributed by atoms with E-state index in [-0.39, 0.29) is 6.61 Å². The zero-order valence-corrected chi connectivity index (χ0v) is 14.4. The minimum Gasteiger partial charge on any atom is -0.423 e. The fourth-order valence-corrected chi connectivity index (χ4v) is 2.95. The summed E-state index contributed by atoms with van der Waals surface area (Å²) in [5.41, 5.74) is 1.67. The summed E-state index contributed by atoms with van der Waals surface area (Å²) >= 11 is 0.